The van der Waals surface area contributed by atoms with Crippen molar-refractivity contribution >= 4 is 11.8 Å². The molecule has 0 spiro atoms. The van der Waals surface area contributed by atoms with Crippen molar-refractivity contribution in [3.05, 3.63) is 0 Å². The summed E-state index contributed by atoms with van der Waals surface area (Å²) >= 11 is 0. The average molecular weight is 198 g/mol. The molecule has 3 heteroatoms. The van der Waals surface area contributed by atoms with Crippen molar-refractivity contribution in [2.24, 2.45) is 11.3 Å². The van der Waals surface area contributed by atoms with Crippen LogP contribution in [0.2, 0.25) is 0 Å². The van der Waals surface area contributed by atoms with Crippen molar-refractivity contribution in [3.8, 4) is 0 Å². The van der Waals surface area contributed by atoms with Crippen LogP contribution in [0, 0.1) is 11.3 Å². The summed E-state index contributed by atoms with van der Waals surface area (Å²) in [5.74, 6) is 0.0826. The molecule has 0 aromatic carbocycles. The Morgan fingerprint density at radius 1 is 1.50 bits per heavy atom. The van der Waals surface area contributed by atoms with Crippen LogP contribution >= 0.6 is 0 Å². The molecule has 2 unspecified atom stereocenters. The van der Waals surface area contributed by atoms with Crippen molar-refractivity contribution in [2.45, 2.75) is 46.6 Å². The second-order valence-electron chi connectivity index (χ2n) is 4.96. The lowest BCUT2D eigenvalue weighted by atomic mass is 9.70. The fraction of sp³-hybridized carbons (Fsp3) is 0.818. The van der Waals surface area contributed by atoms with E-state index in [1.54, 1.807) is 0 Å². The highest BCUT2D eigenvalue weighted by Gasteiger charge is 2.43. The fourth-order valence-electron chi connectivity index (χ4n) is 2.35. The van der Waals surface area contributed by atoms with E-state index in [1.165, 1.54) is 6.92 Å². The molecule has 1 aliphatic rings. The second-order valence-corrected chi connectivity index (χ2v) is 4.96. The molecule has 0 N–H and O–H groups in total. The van der Waals surface area contributed by atoms with Gasteiger partial charge in [-0.2, -0.15) is 0 Å². The zero-order valence-electron chi connectivity index (χ0n) is 9.29. The summed E-state index contributed by atoms with van der Waals surface area (Å²) in [6.07, 6.45) is 0.911. The topological polar surface area (TPSA) is 43.4 Å². The molecule has 3 nitrogen and oxygen atoms in total. The number of Topliss-reactive ketones (excluding diaryl/α,β-unsaturated/α-hetero) is 1. The van der Waals surface area contributed by atoms with Crippen LogP contribution in [-0.4, -0.2) is 17.9 Å². The number of carbonyl (C=O) groups is 2. The minimum atomic E-state index is -0.545. The van der Waals surface area contributed by atoms with Crippen molar-refractivity contribution in [3.63, 3.8) is 0 Å². The first kappa shape index (κ1) is 11.2. The number of carbonyl (C=O) groups excluding carboxylic acids is 2. The van der Waals surface area contributed by atoms with E-state index in [1.807, 2.05) is 13.8 Å². The van der Waals surface area contributed by atoms with Crippen LogP contribution in [0.1, 0.15) is 40.5 Å². The highest BCUT2D eigenvalue weighted by Crippen LogP contribution is 2.38. The van der Waals surface area contributed by atoms with Gasteiger partial charge in [0.15, 0.2) is 11.9 Å². The van der Waals surface area contributed by atoms with E-state index in [2.05, 4.69) is 6.92 Å². The number of hydrogen-bond donors (Lipinski definition) is 0. The Morgan fingerprint density at radius 3 is 2.50 bits per heavy atom. The van der Waals surface area contributed by atoms with Gasteiger partial charge in [-0.15, -0.1) is 0 Å². The molecule has 0 heterocycles. The summed E-state index contributed by atoms with van der Waals surface area (Å²) in [6, 6.07) is 0. The Labute approximate surface area is 84.8 Å². The molecule has 0 aromatic rings. The lowest BCUT2D eigenvalue weighted by Crippen LogP contribution is -2.45. The molecule has 1 saturated carbocycles. The maximum absolute atomic E-state index is 11.7. The van der Waals surface area contributed by atoms with Gasteiger partial charge in [-0.25, -0.2) is 0 Å². The summed E-state index contributed by atoms with van der Waals surface area (Å²) in [6.45, 7) is 7.37. The normalized spacial score (nSPS) is 31.3. The maximum atomic E-state index is 11.7. The van der Waals surface area contributed by atoms with E-state index in [9.17, 15) is 9.59 Å². The van der Waals surface area contributed by atoms with Crippen molar-refractivity contribution in [2.75, 3.05) is 0 Å². The molecule has 1 rings (SSSR count). The van der Waals surface area contributed by atoms with Crippen LogP contribution in [-0.2, 0) is 14.3 Å². The van der Waals surface area contributed by atoms with Crippen molar-refractivity contribution < 1.29 is 14.3 Å². The molecular formula is C11H18O3. The fourth-order valence-corrected chi connectivity index (χ4v) is 2.35. The molecule has 14 heavy (non-hydrogen) atoms. The second kappa shape index (κ2) is 3.71. The van der Waals surface area contributed by atoms with Crippen LogP contribution in [0.5, 0.6) is 0 Å². The summed E-state index contributed by atoms with van der Waals surface area (Å²) in [7, 11) is 0. The predicted octanol–water partition coefficient (Wildman–Crippen LogP) is 1.94. The number of ether oxygens (including phenoxy) is 1. The van der Waals surface area contributed by atoms with E-state index in [-0.39, 0.29) is 17.2 Å². The Hall–Kier alpha value is -0.860. The van der Waals surface area contributed by atoms with E-state index >= 15 is 0 Å². The third-order valence-electron chi connectivity index (χ3n) is 2.71. The minimum absolute atomic E-state index is 0.0592. The standard InChI is InChI=1S/C11H18O3/c1-7-5-9(13)10(14-8(2)12)11(3,4)6-7/h7,10H,5-6H2,1-4H3. The van der Waals surface area contributed by atoms with Gasteiger partial charge >= 0.3 is 5.97 Å². The van der Waals surface area contributed by atoms with Crippen LogP contribution in [0.4, 0.5) is 0 Å². The van der Waals surface area contributed by atoms with Gasteiger partial charge in [-0.1, -0.05) is 20.8 Å². The molecular weight excluding hydrogens is 180 g/mol. The highest BCUT2D eigenvalue weighted by atomic mass is 16.5. The van der Waals surface area contributed by atoms with E-state index in [0.29, 0.717) is 12.3 Å². The first-order chi connectivity index (χ1) is 6.33. The quantitative estimate of drug-likeness (QED) is 0.605. The Morgan fingerprint density at radius 2 is 2.07 bits per heavy atom. The maximum Gasteiger partial charge on any atom is 0.303 e. The average Bonchev–Trinajstić information content (AvgIpc) is 1.95. The van der Waals surface area contributed by atoms with Gasteiger partial charge in [0, 0.05) is 18.8 Å². The predicted molar refractivity (Wildman–Crippen MR) is 52.7 cm³/mol. The molecule has 0 bridgehead atoms. The summed E-state index contributed by atoms with van der Waals surface area (Å²) in [5, 5.41) is 0. The third-order valence-corrected chi connectivity index (χ3v) is 2.71. The number of rotatable bonds is 1. The molecule has 1 aliphatic carbocycles. The molecule has 0 radical (unpaired) electrons. The monoisotopic (exact) mass is 198 g/mol. The largest absolute Gasteiger partial charge is 0.454 e. The Kier molecular flexibility index (Phi) is 2.98. The van der Waals surface area contributed by atoms with Crippen LogP contribution < -0.4 is 0 Å². The van der Waals surface area contributed by atoms with Gasteiger partial charge in [-0.05, 0) is 12.3 Å². The van der Waals surface area contributed by atoms with E-state index in [0.717, 1.165) is 6.42 Å². The van der Waals surface area contributed by atoms with Crippen molar-refractivity contribution in [1.82, 2.24) is 0 Å². The van der Waals surface area contributed by atoms with Crippen molar-refractivity contribution in [1.29, 1.82) is 0 Å². The van der Waals surface area contributed by atoms with Gasteiger partial charge in [0.2, 0.25) is 0 Å². The van der Waals surface area contributed by atoms with Gasteiger partial charge in [0.05, 0.1) is 0 Å². The molecule has 2 atom stereocenters. The van der Waals surface area contributed by atoms with Crippen LogP contribution in [0.3, 0.4) is 0 Å². The number of ketones is 1. The molecule has 0 saturated heterocycles. The zero-order valence-corrected chi connectivity index (χ0v) is 9.29. The van der Waals surface area contributed by atoms with Gasteiger partial charge in [-0.3, -0.25) is 9.59 Å². The summed E-state index contributed by atoms with van der Waals surface area (Å²) in [5.41, 5.74) is -0.222. The van der Waals surface area contributed by atoms with Gasteiger partial charge in [0.25, 0.3) is 0 Å². The van der Waals surface area contributed by atoms with Crippen LogP contribution in [0.15, 0.2) is 0 Å². The minimum Gasteiger partial charge on any atom is -0.454 e. The van der Waals surface area contributed by atoms with Gasteiger partial charge < -0.3 is 4.74 Å². The van der Waals surface area contributed by atoms with E-state index in [4.69, 9.17) is 4.74 Å². The first-order valence-electron chi connectivity index (χ1n) is 5.03. The SMILES string of the molecule is CC(=O)OC1C(=O)CC(C)CC1(C)C. The lowest BCUT2D eigenvalue weighted by Gasteiger charge is -2.39. The Bertz CT molecular complexity index is 255. The smallest absolute Gasteiger partial charge is 0.303 e. The van der Waals surface area contributed by atoms with Crippen LogP contribution in [0.25, 0.3) is 0 Å². The number of hydrogen-bond acceptors (Lipinski definition) is 3. The van der Waals surface area contributed by atoms with E-state index < -0.39 is 6.10 Å². The first-order valence-corrected chi connectivity index (χ1v) is 5.03. The molecule has 0 aliphatic heterocycles. The number of esters is 1. The molecule has 0 amide bonds. The lowest BCUT2D eigenvalue weighted by molar-refractivity contribution is -0.164. The zero-order chi connectivity index (χ0) is 10.9. The highest BCUT2D eigenvalue weighted by molar-refractivity contribution is 5.87. The third kappa shape index (κ3) is 2.34. The van der Waals surface area contributed by atoms with Gasteiger partial charge in [0.1, 0.15) is 0 Å². The molecule has 0 aromatic heterocycles. The molecule has 80 valence electrons. The Balaban J connectivity index is 2.80. The summed E-state index contributed by atoms with van der Waals surface area (Å²) in [4.78, 5) is 22.5. The summed E-state index contributed by atoms with van der Waals surface area (Å²) < 4.78 is 5.08. The molecule has 1 fully saturated rings.